The number of hydrogen-bond donors (Lipinski definition) is 0. The van der Waals surface area contributed by atoms with Crippen LogP contribution < -0.4 is 0 Å². The molecule has 0 saturated carbocycles. The Bertz CT molecular complexity index is 504. The zero-order chi connectivity index (χ0) is 17.5. The summed E-state index contributed by atoms with van der Waals surface area (Å²) in [6.45, 7) is 3.09. The molecular formula is C16H26O7S. The maximum Gasteiger partial charge on any atom is 0.271 e. The monoisotopic (exact) mass is 362 g/mol. The molecule has 0 spiro atoms. The SMILES string of the molecule is COCCOCCOCCOCCOS(=O)(=O)Cc1ccccc1. The van der Waals surface area contributed by atoms with Gasteiger partial charge in [-0.15, -0.1) is 0 Å². The third-order valence-electron chi connectivity index (χ3n) is 2.85. The fourth-order valence-electron chi connectivity index (χ4n) is 1.72. The lowest BCUT2D eigenvalue weighted by atomic mass is 10.2. The van der Waals surface area contributed by atoms with E-state index in [1.54, 1.807) is 31.4 Å². The van der Waals surface area contributed by atoms with Crippen LogP contribution in [0.5, 0.6) is 0 Å². The van der Waals surface area contributed by atoms with Crippen LogP contribution in [0, 0.1) is 0 Å². The molecule has 0 heterocycles. The lowest BCUT2D eigenvalue weighted by molar-refractivity contribution is 0.000395. The van der Waals surface area contributed by atoms with Crippen LogP contribution in [0.25, 0.3) is 0 Å². The normalized spacial score (nSPS) is 11.7. The van der Waals surface area contributed by atoms with Crippen LogP contribution in [0.2, 0.25) is 0 Å². The molecule has 0 aromatic heterocycles. The van der Waals surface area contributed by atoms with Gasteiger partial charge >= 0.3 is 0 Å². The van der Waals surface area contributed by atoms with E-state index in [1.165, 1.54) is 0 Å². The Morgan fingerprint density at radius 1 is 0.750 bits per heavy atom. The second-order valence-corrected chi connectivity index (χ2v) is 6.48. The summed E-state index contributed by atoms with van der Waals surface area (Å²) >= 11 is 0. The van der Waals surface area contributed by atoms with Crippen molar-refractivity contribution in [3.8, 4) is 0 Å². The summed E-state index contributed by atoms with van der Waals surface area (Å²) in [6.07, 6.45) is 0. The maximum absolute atomic E-state index is 11.8. The van der Waals surface area contributed by atoms with Gasteiger partial charge in [-0.3, -0.25) is 4.18 Å². The summed E-state index contributed by atoms with van der Waals surface area (Å²) < 4.78 is 49.0. The highest BCUT2D eigenvalue weighted by Gasteiger charge is 2.11. The van der Waals surface area contributed by atoms with Crippen molar-refractivity contribution in [2.45, 2.75) is 5.75 Å². The maximum atomic E-state index is 11.8. The van der Waals surface area contributed by atoms with Crippen molar-refractivity contribution in [3.05, 3.63) is 35.9 Å². The number of hydrogen-bond acceptors (Lipinski definition) is 7. The van der Waals surface area contributed by atoms with E-state index >= 15 is 0 Å². The van der Waals surface area contributed by atoms with E-state index in [2.05, 4.69) is 0 Å². The predicted octanol–water partition coefficient (Wildman–Crippen LogP) is 1.23. The van der Waals surface area contributed by atoms with Crippen molar-refractivity contribution >= 4 is 10.1 Å². The molecule has 7 nitrogen and oxygen atoms in total. The molecular weight excluding hydrogens is 336 g/mol. The minimum absolute atomic E-state index is 0.00467. The minimum Gasteiger partial charge on any atom is -0.382 e. The Morgan fingerprint density at radius 2 is 1.25 bits per heavy atom. The first kappa shape index (κ1) is 21.0. The van der Waals surface area contributed by atoms with E-state index in [-0.39, 0.29) is 19.0 Å². The van der Waals surface area contributed by atoms with Crippen molar-refractivity contribution in [3.63, 3.8) is 0 Å². The smallest absolute Gasteiger partial charge is 0.271 e. The second-order valence-electron chi connectivity index (χ2n) is 4.84. The lowest BCUT2D eigenvalue weighted by Crippen LogP contribution is -2.15. The van der Waals surface area contributed by atoms with Crippen LogP contribution in [0.1, 0.15) is 5.56 Å². The standard InChI is InChI=1S/C16H26O7S/c1-19-7-8-20-9-10-21-11-12-22-13-14-23-24(17,18)15-16-5-3-2-4-6-16/h2-6H,7-15H2,1H3. The summed E-state index contributed by atoms with van der Waals surface area (Å²) in [4.78, 5) is 0. The number of benzene rings is 1. The van der Waals surface area contributed by atoms with Crippen molar-refractivity contribution in [2.24, 2.45) is 0 Å². The first-order valence-corrected chi connectivity index (χ1v) is 9.35. The zero-order valence-electron chi connectivity index (χ0n) is 14.0. The Kier molecular flexibility index (Phi) is 11.6. The van der Waals surface area contributed by atoms with Crippen LogP contribution in [-0.4, -0.2) is 68.4 Å². The fraction of sp³-hybridized carbons (Fsp3) is 0.625. The molecule has 0 radical (unpaired) electrons. The molecule has 0 atom stereocenters. The molecule has 0 fully saturated rings. The highest BCUT2D eigenvalue weighted by molar-refractivity contribution is 7.85. The van der Waals surface area contributed by atoms with Crippen molar-refractivity contribution in [1.29, 1.82) is 0 Å². The molecule has 1 aromatic carbocycles. The summed E-state index contributed by atoms with van der Waals surface area (Å²) in [5, 5.41) is 0. The molecule has 0 aliphatic carbocycles. The van der Waals surface area contributed by atoms with E-state index in [0.29, 0.717) is 45.2 Å². The highest BCUT2D eigenvalue weighted by atomic mass is 32.2. The summed E-state index contributed by atoms with van der Waals surface area (Å²) in [5.74, 6) is -0.139. The zero-order valence-corrected chi connectivity index (χ0v) is 14.8. The molecule has 138 valence electrons. The molecule has 0 aliphatic rings. The largest absolute Gasteiger partial charge is 0.382 e. The van der Waals surface area contributed by atoms with Crippen molar-refractivity contribution in [2.75, 3.05) is 60.0 Å². The Balaban J connectivity index is 1.94. The van der Waals surface area contributed by atoms with Crippen LogP contribution in [0.4, 0.5) is 0 Å². The Labute approximate surface area is 143 Å². The topological polar surface area (TPSA) is 80.3 Å². The third-order valence-corrected chi connectivity index (χ3v) is 4.07. The van der Waals surface area contributed by atoms with Gasteiger partial charge in [-0.05, 0) is 5.56 Å². The quantitative estimate of drug-likeness (QED) is 0.343. The van der Waals surface area contributed by atoms with E-state index in [1.807, 2.05) is 6.07 Å². The Morgan fingerprint density at radius 3 is 1.79 bits per heavy atom. The molecule has 8 heteroatoms. The fourth-order valence-corrected chi connectivity index (χ4v) is 2.73. The number of methoxy groups -OCH3 is 1. The molecule has 0 saturated heterocycles. The van der Waals surface area contributed by atoms with Crippen LogP contribution in [0.15, 0.2) is 30.3 Å². The Hall–Kier alpha value is -1.03. The average Bonchev–Trinajstić information content (AvgIpc) is 2.56. The second kappa shape index (κ2) is 13.3. The van der Waals surface area contributed by atoms with Gasteiger partial charge in [-0.25, -0.2) is 0 Å². The van der Waals surface area contributed by atoms with Gasteiger partial charge in [0.1, 0.15) is 5.75 Å². The molecule has 1 aromatic rings. The predicted molar refractivity (Wildman–Crippen MR) is 89.4 cm³/mol. The van der Waals surface area contributed by atoms with E-state index in [4.69, 9.17) is 23.1 Å². The van der Waals surface area contributed by atoms with E-state index in [0.717, 1.165) is 0 Å². The van der Waals surface area contributed by atoms with Gasteiger partial charge in [0.05, 0.1) is 52.9 Å². The van der Waals surface area contributed by atoms with Crippen LogP contribution in [0.3, 0.4) is 0 Å². The average molecular weight is 362 g/mol. The minimum atomic E-state index is -3.59. The lowest BCUT2D eigenvalue weighted by Gasteiger charge is -2.08. The molecule has 0 N–H and O–H groups in total. The first-order valence-electron chi connectivity index (χ1n) is 7.77. The van der Waals surface area contributed by atoms with Crippen LogP contribution in [-0.2, 0) is 39.0 Å². The molecule has 0 unspecified atom stereocenters. The van der Waals surface area contributed by atoms with Crippen molar-refractivity contribution in [1.82, 2.24) is 0 Å². The summed E-state index contributed by atoms with van der Waals surface area (Å²) in [5.41, 5.74) is 0.694. The third kappa shape index (κ3) is 11.5. The number of rotatable bonds is 15. The first-order chi connectivity index (χ1) is 11.6. The molecule has 0 aliphatic heterocycles. The van der Waals surface area contributed by atoms with Gasteiger partial charge in [0.2, 0.25) is 0 Å². The van der Waals surface area contributed by atoms with Gasteiger partial charge in [0.15, 0.2) is 0 Å². The van der Waals surface area contributed by atoms with Gasteiger partial charge in [-0.1, -0.05) is 30.3 Å². The van der Waals surface area contributed by atoms with Gasteiger partial charge in [-0.2, -0.15) is 8.42 Å². The van der Waals surface area contributed by atoms with E-state index < -0.39 is 10.1 Å². The van der Waals surface area contributed by atoms with Crippen molar-refractivity contribution < 1.29 is 31.5 Å². The molecule has 1 rings (SSSR count). The number of ether oxygens (including phenoxy) is 4. The highest BCUT2D eigenvalue weighted by Crippen LogP contribution is 2.06. The molecule has 24 heavy (non-hydrogen) atoms. The summed E-state index contributed by atoms with van der Waals surface area (Å²) in [7, 11) is -1.97. The van der Waals surface area contributed by atoms with Gasteiger partial charge in [0, 0.05) is 7.11 Å². The molecule has 0 amide bonds. The van der Waals surface area contributed by atoms with Crippen LogP contribution >= 0.6 is 0 Å². The summed E-state index contributed by atoms with van der Waals surface area (Å²) in [6, 6.07) is 8.90. The van der Waals surface area contributed by atoms with Gasteiger partial charge < -0.3 is 18.9 Å². The van der Waals surface area contributed by atoms with E-state index in [9.17, 15) is 8.42 Å². The van der Waals surface area contributed by atoms with Gasteiger partial charge in [0.25, 0.3) is 10.1 Å². The molecule has 0 bridgehead atoms.